The van der Waals surface area contributed by atoms with Crippen LogP contribution in [0.15, 0.2) is 28.2 Å². The molecule has 1 aliphatic rings. The van der Waals surface area contributed by atoms with Gasteiger partial charge in [0.1, 0.15) is 5.82 Å². The molecule has 1 atom stereocenters. The number of nitrogens with zero attached hydrogens (tertiary/aromatic N) is 1. The normalized spacial score (nSPS) is 15.5. The molecule has 10 heteroatoms. The summed E-state index contributed by atoms with van der Waals surface area (Å²) in [6.45, 7) is 1.90. The molecule has 1 aromatic heterocycles. The van der Waals surface area contributed by atoms with Crippen LogP contribution in [0.4, 0.5) is 5.82 Å². The van der Waals surface area contributed by atoms with Gasteiger partial charge in [0.15, 0.2) is 23.3 Å². The van der Waals surface area contributed by atoms with Gasteiger partial charge >= 0.3 is 0 Å². The van der Waals surface area contributed by atoms with Gasteiger partial charge < -0.3 is 25.5 Å². The second-order valence-corrected chi connectivity index (χ2v) is 6.83. The number of amides is 2. The van der Waals surface area contributed by atoms with Crippen LogP contribution in [0.3, 0.4) is 0 Å². The molecule has 2 aromatic rings. The summed E-state index contributed by atoms with van der Waals surface area (Å²) in [4.78, 5) is 42.8. The Labute approximate surface area is 165 Å². The van der Waals surface area contributed by atoms with Crippen LogP contribution in [0.1, 0.15) is 30.4 Å². The first-order valence-corrected chi connectivity index (χ1v) is 9.81. The minimum atomic E-state index is -0.605. The van der Waals surface area contributed by atoms with E-state index >= 15 is 0 Å². The predicted molar refractivity (Wildman–Crippen MR) is 104 cm³/mol. The van der Waals surface area contributed by atoms with E-state index in [-0.39, 0.29) is 30.3 Å². The van der Waals surface area contributed by atoms with Gasteiger partial charge in [-0.15, -0.1) is 0 Å². The molecule has 0 spiro atoms. The van der Waals surface area contributed by atoms with Crippen LogP contribution < -0.4 is 26.1 Å². The van der Waals surface area contributed by atoms with Crippen LogP contribution in [0, 0.1) is 0 Å². The van der Waals surface area contributed by atoms with E-state index in [1.165, 1.54) is 11.8 Å². The van der Waals surface area contributed by atoms with E-state index in [4.69, 9.17) is 15.2 Å². The van der Waals surface area contributed by atoms with E-state index in [2.05, 4.69) is 15.3 Å². The van der Waals surface area contributed by atoms with Crippen molar-refractivity contribution in [2.45, 2.75) is 24.4 Å². The first-order chi connectivity index (χ1) is 13.4. The van der Waals surface area contributed by atoms with Gasteiger partial charge in [-0.05, 0) is 30.9 Å². The Morgan fingerprint density at radius 2 is 2.11 bits per heavy atom. The van der Waals surface area contributed by atoms with Gasteiger partial charge in [-0.1, -0.05) is 17.8 Å². The van der Waals surface area contributed by atoms with E-state index < -0.39 is 11.8 Å². The van der Waals surface area contributed by atoms with E-state index in [0.717, 1.165) is 0 Å². The summed E-state index contributed by atoms with van der Waals surface area (Å²) < 4.78 is 11.0. The fraction of sp³-hybridized carbons (Fsp3) is 0.333. The number of ether oxygens (including phenoxy) is 2. The van der Waals surface area contributed by atoms with Gasteiger partial charge in [-0.3, -0.25) is 14.4 Å². The number of nitrogens with two attached hydrogens (primary N) is 1. The molecule has 148 valence electrons. The molecule has 4 N–H and O–H groups in total. The second-order valence-electron chi connectivity index (χ2n) is 6.04. The zero-order valence-corrected chi connectivity index (χ0v) is 16.2. The Morgan fingerprint density at radius 1 is 1.32 bits per heavy atom. The van der Waals surface area contributed by atoms with Crippen molar-refractivity contribution in [3.63, 3.8) is 0 Å². The number of thioether (sulfide) groups is 1. The average Bonchev–Trinajstić information content (AvgIpc) is 2.65. The molecule has 0 radical (unpaired) electrons. The fourth-order valence-electron chi connectivity index (χ4n) is 3.01. The van der Waals surface area contributed by atoms with Crippen molar-refractivity contribution >= 4 is 29.4 Å². The number of nitrogens with one attached hydrogen (secondary N) is 2. The number of carbonyl (C=O) groups is 2. The monoisotopic (exact) mass is 404 g/mol. The zero-order valence-electron chi connectivity index (χ0n) is 15.4. The highest BCUT2D eigenvalue weighted by atomic mass is 32.2. The molecule has 2 amide bonds. The minimum absolute atomic E-state index is 0.101. The number of carbonyl (C=O) groups excluding carboxylic acids is 2. The first kappa shape index (κ1) is 19.7. The van der Waals surface area contributed by atoms with Crippen molar-refractivity contribution in [3.05, 3.63) is 39.7 Å². The number of primary amides is 1. The molecular formula is C18H20N4O5S. The first-order valence-electron chi connectivity index (χ1n) is 8.58. The average molecular weight is 404 g/mol. The molecule has 9 nitrogen and oxygen atoms in total. The predicted octanol–water partition coefficient (Wildman–Crippen LogP) is 1.23. The molecule has 0 saturated heterocycles. The smallest absolute Gasteiger partial charge is 0.257 e. The number of aromatic nitrogens is 2. The summed E-state index contributed by atoms with van der Waals surface area (Å²) in [7, 11) is 0. The molecule has 1 aromatic carbocycles. The number of hydrogen-bond acceptors (Lipinski definition) is 7. The number of rotatable bonds is 7. The Kier molecular flexibility index (Phi) is 5.88. The highest BCUT2D eigenvalue weighted by Gasteiger charge is 2.31. The number of aromatic amines is 1. The van der Waals surface area contributed by atoms with Gasteiger partial charge in [0, 0.05) is 12.3 Å². The highest BCUT2D eigenvalue weighted by Crippen LogP contribution is 2.38. The van der Waals surface area contributed by atoms with Crippen LogP contribution in [0.25, 0.3) is 0 Å². The maximum absolute atomic E-state index is 12.6. The lowest BCUT2D eigenvalue weighted by Crippen LogP contribution is -2.31. The Balaban J connectivity index is 2.04. The number of hydrogen-bond donors (Lipinski definition) is 3. The van der Waals surface area contributed by atoms with Gasteiger partial charge in [0.25, 0.3) is 11.5 Å². The van der Waals surface area contributed by atoms with Gasteiger partial charge in [0.2, 0.25) is 5.91 Å². The number of benzene rings is 1. The number of H-pyrrole nitrogens is 1. The largest absolute Gasteiger partial charge is 0.490 e. The molecule has 0 fully saturated rings. The Bertz CT molecular complexity index is 975. The van der Waals surface area contributed by atoms with E-state index in [9.17, 15) is 14.4 Å². The maximum Gasteiger partial charge on any atom is 0.257 e. The van der Waals surface area contributed by atoms with Crippen molar-refractivity contribution in [2.24, 2.45) is 5.73 Å². The molecule has 0 aliphatic carbocycles. The van der Waals surface area contributed by atoms with Crippen molar-refractivity contribution in [3.8, 4) is 11.5 Å². The fourth-order valence-corrected chi connectivity index (χ4v) is 3.39. The van der Waals surface area contributed by atoms with Crippen molar-refractivity contribution in [2.75, 3.05) is 24.8 Å². The molecule has 0 unspecified atom stereocenters. The SMILES string of the molecule is CCOc1cc([C@H]2CC(=O)Nc3nc(SC)[nH]c(=O)c32)ccc1OCC(N)=O. The molecule has 0 bridgehead atoms. The lowest BCUT2D eigenvalue weighted by Gasteiger charge is -2.25. The Hall–Kier alpha value is -3.01. The van der Waals surface area contributed by atoms with Crippen molar-refractivity contribution < 1.29 is 19.1 Å². The van der Waals surface area contributed by atoms with E-state index in [1.54, 1.807) is 24.5 Å². The maximum atomic E-state index is 12.6. The Morgan fingerprint density at radius 3 is 2.79 bits per heavy atom. The summed E-state index contributed by atoms with van der Waals surface area (Å²) in [5, 5.41) is 3.09. The number of fused-ring (bicyclic) bond motifs is 1. The van der Waals surface area contributed by atoms with Crippen molar-refractivity contribution in [1.29, 1.82) is 0 Å². The topological polar surface area (TPSA) is 136 Å². The van der Waals surface area contributed by atoms with Crippen molar-refractivity contribution in [1.82, 2.24) is 9.97 Å². The standard InChI is InChI=1S/C18H20N4O5S/c1-3-26-12-6-9(4-5-11(12)27-8-13(19)23)10-7-14(24)20-16-15(10)17(25)22-18(21-16)28-2/h4-6,10H,3,7-8H2,1-2H3,(H2,19,23)(H2,20,21,22,24,25)/t10-/m1/s1. The summed E-state index contributed by atoms with van der Waals surface area (Å²) in [6.07, 6.45) is 1.88. The third-order valence-electron chi connectivity index (χ3n) is 4.16. The van der Waals surface area contributed by atoms with Crippen LogP contribution in [-0.2, 0) is 9.59 Å². The van der Waals surface area contributed by atoms with E-state index in [1.807, 2.05) is 6.92 Å². The second kappa shape index (κ2) is 8.34. The molecule has 3 rings (SSSR count). The van der Waals surface area contributed by atoms with Gasteiger partial charge in [-0.2, -0.15) is 0 Å². The third kappa shape index (κ3) is 4.11. The zero-order chi connectivity index (χ0) is 20.3. The van der Waals surface area contributed by atoms with Crippen LogP contribution in [-0.4, -0.2) is 41.3 Å². The summed E-state index contributed by atoms with van der Waals surface area (Å²) in [5.41, 5.74) is 5.92. The quantitative estimate of drug-likeness (QED) is 0.466. The lowest BCUT2D eigenvalue weighted by molar-refractivity contribution is -0.120. The third-order valence-corrected chi connectivity index (χ3v) is 4.74. The lowest BCUT2D eigenvalue weighted by atomic mass is 9.86. The molecule has 0 saturated carbocycles. The molecular weight excluding hydrogens is 384 g/mol. The van der Waals surface area contributed by atoms with Gasteiger partial charge in [-0.25, -0.2) is 4.98 Å². The number of anilines is 1. The van der Waals surface area contributed by atoms with Gasteiger partial charge in [0.05, 0.1) is 12.2 Å². The van der Waals surface area contributed by atoms with Crippen LogP contribution >= 0.6 is 11.8 Å². The summed E-state index contributed by atoms with van der Waals surface area (Å²) in [6, 6.07) is 5.07. The minimum Gasteiger partial charge on any atom is -0.490 e. The van der Waals surface area contributed by atoms with Crippen LogP contribution in [0.5, 0.6) is 11.5 Å². The summed E-state index contributed by atoms with van der Waals surface area (Å²) >= 11 is 1.28. The highest BCUT2D eigenvalue weighted by molar-refractivity contribution is 7.98. The molecule has 28 heavy (non-hydrogen) atoms. The molecule has 2 heterocycles. The van der Waals surface area contributed by atoms with E-state index in [0.29, 0.717) is 34.4 Å². The molecule has 1 aliphatic heterocycles. The van der Waals surface area contributed by atoms with Crippen LogP contribution in [0.2, 0.25) is 0 Å². The summed E-state index contributed by atoms with van der Waals surface area (Å²) in [5.74, 6) is -0.295.